The molecule has 0 saturated carbocycles. The monoisotopic (exact) mass is 252 g/mol. The van der Waals surface area contributed by atoms with Crippen molar-refractivity contribution >= 4 is 5.97 Å². The lowest BCUT2D eigenvalue weighted by atomic mass is 9.93. The molecule has 0 aliphatic carbocycles. The standard InChI is InChI=1S/C13H20N2O3/c1-9-12(10(2)18-14-9)8-15-5-3-11(4-6-15)7-13(16)17/h11H,3-8H2,1-2H3,(H,16,17). The Morgan fingerprint density at radius 3 is 2.61 bits per heavy atom. The van der Waals surface area contributed by atoms with Gasteiger partial charge in [0.1, 0.15) is 5.76 Å². The Morgan fingerprint density at radius 1 is 1.44 bits per heavy atom. The molecule has 0 spiro atoms. The van der Waals surface area contributed by atoms with Crippen LogP contribution in [0.4, 0.5) is 0 Å². The van der Waals surface area contributed by atoms with Crippen molar-refractivity contribution in [2.75, 3.05) is 13.1 Å². The molecule has 0 amide bonds. The smallest absolute Gasteiger partial charge is 0.303 e. The highest BCUT2D eigenvalue weighted by atomic mass is 16.5. The highest BCUT2D eigenvalue weighted by molar-refractivity contribution is 5.67. The Hall–Kier alpha value is -1.36. The minimum atomic E-state index is -0.681. The molecule has 1 saturated heterocycles. The highest BCUT2D eigenvalue weighted by Gasteiger charge is 2.22. The van der Waals surface area contributed by atoms with Gasteiger partial charge in [-0.3, -0.25) is 9.69 Å². The largest absolute Gasteiger partial charge is 0.481 e. The maximum Gasteiger partial charge on any atom is 0.303 e. The number of hydrogen-bond acceptors (Lipinski definition) is 4. The molecule has 0 bridgehead atoms. The molecule has 1 aliphatic heterocycles. The Kier molecular flexibility index (Phi) is 4.01. The van der Waals surface area contributed by atoms with Crippen LogP contribution in [0.25, 0.3) is 0 Å². The summed E-state index contributed by atoms with van der Waals surface area (Å²) in [6.07, 6.45) is 2.24. The van der Waals surface area contributed by atoms with Gasteiger partial charge in [-0.2, -0.15) is 0 Å². The second-order valence-corrected chi connectivity index (χ2v) is 5.12. The molecule has 18 heavy (non-hydrogen) atoms. The topological polar surface area (TPSA) is 66.6 Å². The van der Waals surface area contributed by atoms with Gasteiger partial charge in [-0.25, -0.2) is 0 Å². The summed E-state index contributed by atoms with van der Waals surface area (Å²) in [5.41, 5.74) is 2.13. The minimum Gasteiger partial charge on any atom is -0.481 e. The maximum atomic E-state index is 10.7. The summed E-state index contributed by atoms with van der Waals surface area (Å²) in [5, 5.41) is 12.7. The third-order valence-electron chi connectivity index (χ3n) is 3.73. The van der Waals surface area contributed by atoms with Gasteiger partial charge in [0.15, 0.2) is 0 Å². The van der Waals surface area contributed by atoms with E-state index >= 15 is 0 Å². The van der Waals surface area contributed by atoms with Crippen LogP contribution in [-0.2, 0) is 11.3 Å². The molecule has 0 radical (unpaired) electrons. The van der Waals surface area contributed by atoms with E-state index in [0.717, 1.165) is 43.9 Å². The number of aliphatic carboxylic acids is 1. The molecular weight excluding hydrogens is 232 g/mol. The number of likely N-dealkylation sites (tertiary alicyclic amines) is 1. The van der Waals surface area contributed by atoms with Gasteiger partial charge in [-0.05, 0) is 45.7 Å². The molecule has 1 aromatic rings. The number of carboxylic acids is 1. The van der Waals surface area contributed by atoms with Crippen LogP contribution in [0.1, 0.15) is 36.3 Å². The fourth-order valence-corrected chi connectivity index (χ4v) is 2.55. The molecule has 0 unspecified atom stereocenters. The van der Waals surface area contributed by atoms with Crippen molar-refractivity contribution in [3.05, 3.63) is 17.0 Å². The number of carbonyl (C=O) groups is 1. The second-order valence-electron chi connectivity index (χ2n) is 5.12. The van der Waals surface area contributed by atoms with E-state index in [2.05, 4.69) is 10.1 Å². The number of carboxylic acid groups (broad SMARTS) is 1. The van der Waals surface area contributed by atoms with Gasteiger partial charge in [-0.15, -0.1) is 0 Å². The molecule has 0 aromatic carbocycles. The van der Waals surface area contributed by atoms with Crippen LogP contribution in [0.2, 0.25) is 0 Å². The van der Waals surface area contributed by atoms with Crippen molar-refractivity contribution in [2.24, 2.45) is 5.92 Å². The fraction of sp³-hybridized carbons (Fsp3) is 0.692. The Balaban J connectivity index is 1.85. The average Bonchev–Trinajstić information content (AvgIpc) is 2.63. The van der Waals surface area contributed by atoms with Crippen LogP contribution in [0.15, 0.2) is 4.52 Å². The SMILES string of the molecule is Cc1noc(C)c1CN1CCC(CC(=O)O)CC1. The first-order valence-electron chi connectivity index (χ1n) is 6.42. The molecule has 2 rings (SSSR count). The van der Waals surface area contributed by atoms with Gasteiger partial charge in [0.05, 0.1) is 5.69 Å². The van der Waals surface area contributed by atoms with Crippen LogP contribution < -0.4 is 0 Å². The Bertz CT molecular complexity index is 400. The van der Waals surface area contributed by atoms with Gasteiger partial charge >= 0.3 is 5.97 Å². The van der Waals surface area contributed by atoms with Crippen molar-refractivity contribution < 1.29 is 14.4 Å². The van der Waals surface area contributed by atoms with Crippen molar-refractivity contribution in [1.29, 1.82) is 0 Å². The lowest BCUT2D eigenvalue weighted by molar-refractivity contribution is -0.138. The third-order valence-corrected chi connectivity index (χ3v) is 3.73. The average molecular weight is 252 g/mol. The van der Waals surface area contributed by atoms with Gasteiger partial charge in [0, 0.05) is 18.5 Å². The molecule has 1 fully saturated rings. The quantitative estimate of drug-likeness (QED) is 0.887. The van der Waals surface area contributed by atoms with E-state index in [-0.39, 0.29) is 0 Å². The number of aryl methyl sites for hydroxylation is 2. The zero-order chi connectivity index (χ0) is 13.1. The lowest BCUT2D eigenvalue weighted by Crippen LogP contribution is -2.34. The van der Waals surface area contributed by atoms with Crippen LogP contribution in [-0.4, -0.2) is 34.2 Å². The molecular formula is C13H20N2O3. The van der Waals surface area contributed by atoms with Crippen LogP contribution in [0, 0.1) is 19.8 Å². The predicted octanol–water partition coefficient (Wildman–Crippen LogP) is 1.98. The van der Waals surface area contributed by atoms with E-state index in [1.165, 1.54) is 5.56 Å². The van der Waals surface area contributed by atoms with Crippen molar-refractivity contribution in [1.82, 2.24) is 10.1 Å². The first kappa shape index (κ1) is 13.1. The molecule has 1 aromatic heterocycles. The van der Waals surface area contributed by atoms with E-state index in [4.69, 9.17) is 9.63 Å². The van der Waals surface area contributed by atoms with E-state index in [1.807, 2.05) is 13.8 Å². The van der Waals surface area contributed by atoms with Crippen molar-refractivity contribution in [3.8, 4) is 0 Å². The number of aromatic nitrogens is 1. The Labute approximate surface area is 107 Å². The zero-order valence-electron chi connectivity index (χ0n) is 11.0. The van der Waals surface area contributed by atoms with E-state index in [1.54, 1.807) is 0 Å². The summed E-state index contributed by atoms with van der Waals surface area (Å²) in [6, 6.07) is 0. The molecule has 100 valence electrons. The van der Waals surface area contributed by atoms with Gasteiger partial charge in [0.2, 0.25) is 0 Å². The number of rotatable bonds is 4. The number of piperidine rings is 1. The summed E-state index contributed by atoms with van der Waals surface area (Å²) in [6.45, 7) is 6.68. The first-order chi connectivity index (χ1) is 8.56. The lowest BCUT2D eigenvalue weighted by Gasteiger charge is -2.31. The summed E-state index contributed by atoms with van der Waals surface area (Å²) < 4.78 is 5.16. The maximum absolute atomic E-state index is 10.7. The predicted molar refractivity (Wildman–Crippen MR) is 66.2 cm³/mol. The van der Waals surface area contributed by atoms with E-state index in [0.29, 0.717) is 12.3 Å². The summed E-state index contributed by atoms with van der Waals surface area (Å²) in [4.78, 5) is 13.0. The molecule has 2 heterocycles. The minimum absolute atomic E-state index is 0.305. The summed E-state index contributed by atoms with van der Waals surface area (Å²) in [7, 11) is 0. The molecule has 0 atom stereocenters. The van der Waals surface area contributed by atoms with Gasteiger partial charge < -0.3 is 9.63 Å². The van der Waals surface area contributed by atoms with Crippen molar-refractivity contribution in [3.63, 3.8) is 0 Å². The molecule has 1 N–H and O–H groups in total. The highest BCUT2D eigenvalue weighted by Crippen LogP contribution is 2.23. The van der Waals surface area contributed by atoms with Crippen LogP contribution in [0.3, 0.4) is 0 Å². The number of nitrogens with zero attached hydrogens (tertiary/aromatic N) is 2. The molecule has 5 nitrogen and oxygen atoms in total. The summed E-state index contributed by atoms with van der Waals surface area (Å²) >= 11 is 0. The van der Waals surface area contributed by atoms with Crippen LogP contribution >= 0.6 is 0 Å². The van der Waals surface area contributed by atoms with Crippen molar-refractivity contribution in [2.45, 2.75) is 39.7 Å². The fourth-order valence-electron chi connectivity index (χ4n) is 2.55. The zero-order valence-corrected chi connectivity index (χ0v) is 11.0. The van der Waals surface area contributed by atoms with Crippen LogP contribution in [0.5, 0.6) is 0 Å². The Morgan fingerprint density at radius 2 is 2.11 bits per heavy atom. The third kappa shape index (κ3) is 3.10. The first-order valence-corrected chi connectivity index (χ1v) is 6.42. The number of hydrogen-bond donors (Lipinski definition) is 1. The summed E-state index contributed by atoms with van der Waals surface area (Å²) in [5.74, 6) is 0.544. The van der Waals surface area contributed by atoms with E-state index < -0.39 is 5.97 Å². The van der Waals surface area contributed by atoms with Gasteiger partial charge in [0.25, 0.3) is 0 Å². The molecule has 1 aliphatic rings. The van der Waals surface area contributed by atoms with E-state index in [9.17, 15) is 4.79 Å². The van der Waals surface area contributed by atoms with Gasteiger partial charge in [-0.1, -0.05) is 5.16 Å². The second kappa shape index (κ2) is 5.52. The normalized spacial score (nSPS) is 18.1. The molecule has 5 heteroatoms.